The van der Waals surface area contributed by atoms with E-state index in [1.807, 2.05) is 219 Å². The molecule has 14 nitrogen and oxygen atoms in total. The van der Waals surface area contributed by atoms with Crippen LogP contribution in [0.3, 0.4) is 0 Å². The zero-order chi connectivity index (χ0) is 81.3. The number of terminal acetylenes is 1. The van der Waals surface area contributed by atoms with Crippen LogP contribution in [0.4, 0.5) is 17.1 Å². The minimum atomic E-state index is -0.826. The number of fused-ring (bicyclic) bond motifs is 2. The number of nitro groups is 1. The first-order chi connectivity index (χ1) is 53.3. The van der Waals surface area contributed by atoms with Gasteiger partial charge in [0.2, 0.25) is 0 Å². The molecule has 0 saturated carbocycles. The van der Waals surface area contributed by atoms with E-state index in [2.05, 4.69) is 122 Å². The number of halogens is 11. The van der Waals surface area contributed by atoms with Crippen LogP contribution in [0.25, 0.3) is 66.5 Å². The average Bonchev–Trinajstić information content (AvgIpc) is 1.63. The van der Waals surface area contributed by atoms with Crippen LogP contribution in [0, 0.1) is 76.1 Å². The summed E-state index contributed by atoms with van der Waals surface area (Å²) in [6.07, 6.45) is 7.70. The molecule has 11 aromatic carbocycles. The van der Waals surface area contributed by atoms with Crippen LogP contribution in [0.15, 0.2) is 242 Å². The number of nitrogens with two attached hydrogens (primary N) is 4. The Bertz CT molecular complexity index is 5540. The number of aryl methyl sites for hydroxylation is 5. The average molecular weight is 2100 g/mol. The van der Waals surface area contributed by atoms with Gasteiger partial charge in [0.25, 0.3) is 11.6 Å². The van der Waals surface area contributed by atoms with Crippen molar-refractivity contribution in [3.05, 3.63) is 340 Å². The van der Waals surface area contributed by atoms with Crippen molar-refractivity contribution < 1.29 is 30.5 Å². The van der Waals surface area contributed by atoms with Crippen LogP contribution in [-0.4, -0.2) is 57.2 Å². The van der Waals surface area contributed by atoms with Gasteiger partial charge in [-0.2, -0.15) is 5.10 Å². The number of carbonyl (C=O) groups excluding carboxylic acids is 2. The molecule has 4 heterocycles. The summed E-state index contributed by atoms with van der Waals surface area (Å²) in [4.78, 5) is 43.6. The fraction of sp³-hybridized carbons (Fsp3) is 0.0706. The first-order valence-corrected chi connectivity index (χ1v) is 47.9. The van der Waals surface area contributed by atoms with Crippen LogP contribution in [0.1, 0.15) is 78.2 Å². The van der Waals surface area contributed by atoms with Gasteiger partial charge in [0, 0.05) is 107 Å². The van der Waals surface area contributed by atoms with Crippen molar-refractivity contribution in [1.29, 1.82) is 0 Å². The second kappa shape index (κ2) is 49.2. The Morgan fingerprint density at radius 3 is 1.43 bits per heavy atom. The van der Waals surface area contributed by atoms with Gasteiger partial charge in [-0.1, -0.05) is 186 Å². The Kier molecular flexibility index (Phi) is 41.8. The zero-order valence-corrected chi connectivity index (χ0v) is 75.1. The molecule has 0 saturated heterocycles. The zero-order valence-electron chi connectivity index (χ0n) is 59.6. The summed E-state index contributed by atoms with van der Waals surface area (Å²) < 4.78 is 1.88. The molecule has 14 aromatic rings. The van der Waals surface area contributed by atoms with Gasteiger partial charge in [0.05, 0.1) is 37.2 Å². The predicted octanol–water partition coefficient (Wildman–Crippen LogP) is 25.4. The molecule has 0 bridgehead atoms. The van der Waals surface area contributed by atoms with Gasteiger partial charge in [-0.05, 0) is 252 Å². The van der Waals surface area contributed by atoms with Gasteiger partial charge in [-0.3, -0.25) is 31.4 Å². The van der Waals surface area contributed by atoms with Gasteiger partial charge in [0.1, 0.15) is 0 Å². The summed E-state index contributed by atoms with van der Waals surface area (Å²) in [5.41, 5.74) is 35.4. The summed E-state index contributed by atoms with van der Waals surface area (Å²) in [6.45, 7) is 10.0. The van der Waals surface area contributed by atoms with Gasteiger partial charge >= 0.3 is 71.7 Å². The Balaban J connectivity index is 0.000000234. The van der Waals surface area contributed by atoms with Crippen LogP contribution in [0.5, 0.6) is 0 Å². The maximum absolute atomic E-state index is 12.0. The number of nitro benzene ring substituents is 1. The number of anilines is 2. The number of nitrogens with zero attached hydrogens (tertiary/aromatic N) is 2. The molecule has 112 heavy (non-hydrogen) atoms. The van der Waals surface area contributed by atoms with Gasteiger partial charge in [-0.25, -0.2) is 5.43 Å². The summed E-state index contributed by atoms with van der Waals surface area (Å²) >= 11 is 32.4. The molecule has 0 unspecified atom stereocenters. The maximum atomic E-state index is 12.0. The molecule has 0 aliphatic carbocycles. The van der Waals surface area contributed by atoms with E-state index < -0.39 is 18.9 Å². The molecule has 578 valence electrons. The number of amides is 1. The molecule has 1 aliphatic rings. The van der Waals surface area contributed by atoms with Gasteiger partial charge in [-0.15, -0.1) is 6.42 Å². The quantitative estimate of drug-likeness (QED) is 0.0120. The molecule has 0 atom stereocenters. The van der Waals surface area contributed by atoms with Crippen LogP contribution in [0.2, 0.25) is 25.1 Å². The third-order valence-corrected chi connectivity index (χ3v) is 20.2. The van der Waals surface area contributed by atoms with Crippen molar-refractivity contribution in [2.75, 3.05) is 11.5 Å². The molecule has 1 aliphatic heterocycles. The molecular weight excluding hydrogens is 2020 g/mol. The SMILES string of the molecule is C.C#Cc1ccc(Cl)cc1.Cc1cccc(N)c1C#Cc1ccc(Cl)cc1.Cc1cccc(N)c1I.Cc1cccc([N+](=O)[O-])c1I.Cc1cccc2[nH]c(-c3ccc(Cl)cc3)c(C=O)c12.Cc1cccc2[nH]c(-c3ccc(Cl)cc3)cc12.NN.O=C1NN=Cc2c(-c3ccc(Cl)cc3)[nH]c3cccc1c23.[Cl][Pd][Cl].[Cl][Sn][Cl]. The minimum absolute atomic E-state index is 0. The number of hydrogen-bond donors (Lipinski definition) is 8. The Morgan fingerprint density at radius 1 is 0.527 bits per heavy atom. The fourth-order valence-corrected chi connectivity index (χ4v) is 12.2. The molecular formula is C85H73Cl9I2N10O4PdSn. The molecule has 2 radical (unpaired) electrons. The number of aldehydes is 1. The van der Waals surface area contributed by atoms with Crippen molar-refractivity contribution in [2.24, 2.45) is 16.8 Å². The third kappa shape index (κ3) is 28.2. The number of hydrazone groups is 1. The van der Waals surface area contributed by atoms with E-state index in [0.717, 1.165) is 119 Å². The van der Waals surface area contributed by atoms with Crippen molar-refractivity contribution in [3.8, 4) is 58.0 Å². The summed E-state index contributed by atoms with van der Waals surface area (Å²) in [7, 11) is 19.5. The van der Waals surface area contributed by atoms with E-state index in [1.165, 1.54) is 28.1 Å². The number of carbonyl (C=O) groups is 2. The Labute approximate surface area is 737 Å². The number of rotatable bonds is 5. The fourth-order valence-electron chi connectivity index (χ4n) is 10.7. The van der Waals surface area contributed by atoms with E-state index >= 15 is 0 Å². The second-order valence-corrected chi connectivity index (χ2v) is 34.3. The Morgan fingerprint density at radius 2 is 0.946 bits per heavy atom. The molecule has 0 fully saturated rings. The first-order valence-electron chi connectivity index (χ1n) is 32.6. The second-order valence-electron chi connectivity index (χ2n) is 23.3. The molecule has 27 heteroatoms. The summed E-state index contributed by atoms with van der Waals surface area (Å²) in [5, 5.41) is 21.1. The van der Waals surface area contributed by atoms with Gasteiger partial charge in [0.15, 0.2) is 6.29 Å². The Hall–Kier alpha value is -7.58. The number of benzene rings is 11. The number of aromatic nitrogens is 3. The first kappa shape index (κ1) is 95.0. The number of nitrogen functional groups attached to an aromatic ring is 2. The summed E-state index contributed by atoms with van der Waals surface area (Å²) in [6, 6.07) is 74.4. The number of hydrazine groups is 1. The van der Waals surface area contributed by atoms with E-state index in [0.29, 0.717) is 36.9 Å². The van der Waals surface area contributed by atoms with Crippen molar-refractivity contribution >= 4 is 227 Å². The van der Waals surface area contributed by atoms with Crippen molar-refractivity contribution in [1.82, 2.24) is 20.4 Å². The van der Waals surface area contributed by atoms with Gasteiger partial charge < -0.3 is 26.4 Å². The molecule has 1 amide bonds. The van der Waals surface area contributed by atoms with Crippen LogP contribution < -0.4 is 28.6 Å². The normalized spacial score (nSPS) is 10.2. The molecule has 15 rings (SSSR count). The predicted molar refractivity (Wildman–Crippen MR) is 492 cm³/mol. The van der Waals surface area contributed by atoms with Crippen LogP contribution >= 0.6 is 140 Å². The van der Waals surface area contributed by atoms with Crippen LogP contribution in [-0.2, 0) is 15.9 Å². The van der Waals surface area contributed by atoms with E-state index in [4.69, 9.17) is 113 Å². The van der Waals surface area contributed by atoms with Crippen molar-refractivity contribution in [3.63, 3.8) is 0 Å². The molecule has 12 N–H and O–H groups in total. The number of aromatic amines is 3. The molecule has 3 aromatic heterocycles. The third-order valence-electron chi connectivity index (χ3n) is 16.0. The molecule has 0 spiro atoms. The number of nitrogens with one attached hydrogen (secondary N) is 4. The van der Waals surface area contributed by atoms with E-state index in [-0.39, 0.29) is 39.9 Å². The van der Waals surface area contributed by atoms with Crippen molar-refractivity contribution in [2.45, 2.75) is 42.0 Å². The number of hydrogen-bond acceptors (Lipinski definition) is 9. The van der Waals surface area contributed by atoms with E-state index in [1.54, 1.807) is 30.5 Å². The van der Waals surface area contributed by atoms with E-state index in [9.17, 15) is 19.7 Å². The monoisotopic (exact) mass is 2090 g/mol. The number of H-pyrrole nitrogens is 3. The standard InChI is InChI=1S/C16H10ClN3O.C16H12ClNO.2C15H12ClN.C8H5Cl.C7H6INO2.C7H8IN.CH4.4ClH.H4N2.Pd.Sn/c17-10-6-4-9(5-7-10)15-12-8-18-20-16(21)11-2-1-3-13(19-15)14(11)12;1-10-3-2-4-14-15(10)13(9-19)16(18-14)11-5-7-12(17)8-6-11;1-10-3-2-4-14-13(10)9-15(17-14)11-5-7-12(16)8-6-11;1-11-3-2-4-15(17)14(11)10-7-12-5-8-13(16)9-6-12;1-2-7-3-5-8(9)6-4-7;1-5-3-2-4-6(7(5)8)9(10)11;1-5-3-2-4-6(9)7(5)8;;;;;;1-2;;/h1-8,19H,(H,20,21);2-9,18H,1H3;2-9,17H,1H3;2-6,8-9H,17H2,1H3;1,3-6H;2-4H,1H3;2-4H,9H2,1H3;1H4;4*1H;1-2H2;;/q;;;;;;;;;;;;;2*+2/p-4. The topological polar surface area (TPSA) is 253 Å². The summed E-state index contributed by atoms with van der Waals surface area (Å²) in [5.74, 6) is 16.5.